The Kier molecular flexibility index (Phi) is 6.73. The third kappa shape index (κ3) is 5.94. The molecule has 1 aromatic heterocycles. The molecule has 1 heterocycles. The van der Waals surface area contributed by atoms with Crippen molar-refractivity contribution >= 4 is 23.3 Å². The number of allylic oxidation sites excluding steroid dienone is 2. The summed E-state index contributed by atoms with van der Waals surface area (Å²) in [5.41, 5.74) is 7.93. The fourth-order valence-corrected chi connectivity index (χ4v) is 2.15. The van der Waals surface area contributed by atoms with Crippen LogP contribution in [0.2, 0.25) is 0 Å². The van der Waals surface area contributed by atoms with E-state index in [1.165, 1.54) is 6.26 Å². The van der Waals surface area contributed by atoms with Crippen LogP contribution in [0.4, 0.5) is 5.69 Å². The highest BCUT2D eigenvalue weighted by atomic mass is 16.5. The molecule has 1 amide bonds. The molecular formula is C19H21N3O4. The average molecular weight is 355 g/mol. The Morgan fingerprint density at radius 1 is 1.15 bits per heavy atom. The number of ether oxygens (including phenoxy) is 1. The van der Waals surface area contributed by atoms with Crippen molar-refractivity contribution in [3.8, 4) is 0 Å². The maximum absolute atomic E-state index is 12.1. The SMILES string of the molecule is CC(=Nc1ccccc1)C(NC(=O)COC(=O)Cc1ccco1)=C(C)N. The Balaban J connectivity index is 1.93. The molecule has 0 fully saturated rings. The van der Waals surface area contributed by atoms with E-state index in [4.69, 9.17) is 14.9 Å². The van der Waals surface area contributed by atoms with Crippen molar-refractivity contribution in [2.45, 2.75) is 20.3 Å². The number of nitrogens with two attached hydrogens (primary N) is 1. The lowest BCUT2D eigenvalue weighted by Gasteiger charge is -2.12. The quantitative estimate of drug-likeness (QED) is 0.586. The lowest BCUT2D eigenvalue weighted by molar-refractivity contribution is -0.147. The van der Waals surface area contributed by atoms with Gasteiger partial charge in [0.25, 0.3) is 5.91 Å². The van der Waals surface area contributed by atoms with Gasteiger partial charge in [0, 0.05) is 5.70 Å². The molecule has 0 aliphatic heterocycles. The van der Waals surface area contributed by atoms with Gasteiger partial charge >= 0.3 is 5.97 Å². The van der Waals surface area contributed by atoms with Gasteiger partial charge < -0.3 is 20.2 Å². The highest BCUT2D eigenvalue weighted by Gasteiger charge is 2.13. The van der Waals surface area contributed by atoms with E-state index in [9.17, 15) is 9.59 Å². The lowest BCUT2D eigenvalue weighted by Crippen LogP contribution is -2.32. The van der Waals surface area contributed by atoms with Crippen LogP contribution in [0.1, 0.15) is 19.6 Å². The molecule has 0 saturated carbocycles. The molecule has 3 N–H and O–H groups in total. The molecule has 2 rings (SSSR count). The first-order valence-electron chi connectivity index (χ1n) is 8.00. The van der Waals surface area contributed by atoms with Gasteiger partial charge in [0.1, 0.15) is 12.2 Å². The molecule has 0 unspecified atom stereocenters. The number of carbonyl (C=O) groups excluding carboxylic acids is 2. The zero-order chi connectivity index (χ0) is 18.9. The van der Waals surface area contributed by atoms with Crippen molar-refractivity contribution in [2.75, 3.05) is 6.61 Å². The highest BCUT2D eigenvalue weighted by molar-refractivity contribution is 6.03. The fourth-order valence-electron chi connectivity index (χ4n) is 2.15. The minimum Gasteiger partial charge on any atom is -0.469 e. The van der Waals surface area contributed by atoms with Crippen LogP contribution in [0, 0.1) is 0 Å². The second-order valence-electron chi connectivity index (χ2n) is 5.56. The van der Waals surface area contributed by atoms with E-state index < -0.39 is 18.5 Å². The normalized spacial score (nSPS) is 12.3. The Morgan fingerprint density at radius 2 is 1.88 bits per heavy atom. The van der Waals surface area contributed by atoms with Crippen LogP contribution in [0.3, 0.4) is 0 Å². The van der Waals surface area contributed by atoms with Crippen LogP contribution in [0.5, 0.6) is 0 Å². The van der Waals surface area contributed by atoms with Gasteiger partial charge in [0.15, 0.2) is 6.61 Å². The van der Waals surface area contributed by atoms with E-state index >= 15 is 0 Å². The molecule has 0 saturated heterocycles. The third-order valence-electron chi connectivity index (χ3n) is 3.34. The molecule has 26 heavy (non-hydrogen) atoms. The summed E-state index contributed by atoms with van der Waals surface area (Å²) < 4.78 is 10.00. The van der Waals surface area contributed by atoms with Crippen molar-refractivity contribution in [3.63, 3.8) is 0 Å². The molecule has 0 aliphatic rings. The van der Waals surface area contributed by atoms with E-state index in [-0.39, 0.29) is 6.42 Å². The van der Waals surface area contributed by atoms with Gasteiger partial charge in [-0.3, -0.25) is 14.6 Å². The van der Waals surface area contributed by atoms with E-state index in [1.54, 1.807) is 26.0 Å². The maximum atomic E-state index is 12.1. The smallest absolute Gasteiger partial charge is 0.313 e. The Morgan fingerprint density at radius 3 is 2.50 bits per heavy atom. The molecule has 1 aromatic carbocycles. The van der Waals surface area contributed by atoms with Crippen molar-refractivity contribution < 1.29 is 18.7 Å². The fraction of sp³-hybridized carbons (Fsp3) is 0.211. The minimum absolute atomic E-state index is 0.0343. The van der Waals surface area contributed by atoms with E-state index in [0.717, 1.165) is 5.69 Å². The number of nitrogens with one attached hydrogen (secondary N) is 1. The molecule has 7 heteroatoms. The van der Waals surface area contributed by atoms with Gasteiger partial charge in [-0.05, 0) is 38.1 Å². The standard InChI is InChI=1S/C19H21N3O4/c1-13(20)19(14(2)21-15-7-4-3-5-8-15)22-17(23)12-26-18(24)11-16-9-6-10-25-16/h3-10H,11-12,20H2,1-2H3,(H,22,23). The number of hydrogen-bond donors (Lipinski definition) is 2. The molecule has 0 radical (unpaired) electrons. The number of esters is 1. The largest absolute Gasteiger partial charge is 0.469 e. The van der Waals surface area contributed by atoms with Crippen molar-refractivity contribution in [2.24, 2.45) is 10.7 Å². The lowest BCUT2D eigenvalue weighted by atomic mass is 10.2. The summed E-state index contributed by atoms with van der Waals surface area (Å²) in [6, 6.07) is 12.6. The molecule has 7 nitrogen and oxygen atoms in total. The van der Waals surface area contributed by atoms with E-state index in [2.05, 4.69) is 10.3 Å². The number of benzene rings is 1. The Bertz CT molecular complexity index is 805. The number of amides is 1. The van der Waals surface area contributed by atoms with E-state index in [0.29, 0.717) is 22.9 Å². The number of nitrogens with zero attached hydrogens (tertiary/aromatic N) is 1. The number of furan rings is 1. The zero-order valence-corrected chi connectivity index (χ0v) is 14.7. The van der Waals surface area contributed by atoms with Gasteiger partial charge in [-0.15, -0.1) is 0 Å². The number of para-hydroxylation sites is 1. The van der Waals surface area contributed by atoms with Crippen LogP contribution in [0.25, 0.3) is 0 Å². The Labute approximate surface area is 151 Å². The summed E-state index contributed by atoms with van der Waals surface area (Å²) in [5.74, 6) is -0.584. The first-order valence-corrected chi connectivity index (χ1v) is 8.00. The maximum Gasteiger partial charge on any atom is 0.313 e. The van der Waals surface area contributed by atoms with Gasteiger partial charge in [-0.1, -0.05) is 18.2 Å². The first kappa shape index (κ1) is 19.0. The third-order valence-corrected chi connectivity index (χ3v) is 3.34. The van der Waals surface area contributed by atoms with E-state index in [1.807, 2.05) is 30.3 Å². The van der Waals surface area contributed by atoms with Gasteiger partial charge in [0.2, 0.25) is 0 Å². The summed E-state index contributed by atoms with van der Waals surface area (Å²) in [4.78, 5) is 28.2. The van der Waals surface area contributed by atoms with Crippen LogP contribution in [0.15, 0.2) is 69.5 Å². The molecule has 0 bridgehead atoms. The molecule has 0 spiro atoms. The minimum atomic E-state index is -0.556. The summed E-state index contributed by atoms with van der Waals surface area (Å²) in [6.07, 6.45) is 1.43. The first-order chi connectivity index (χ1) is 12.5. The predicted octanol–water partition coefficient (Wildman–Crippen LogP) is 2.46. The van der Waals surface area contributed by atoms with Crippen molar-refractivity contribution in [1.82, 2.24) is 5.32 Å². The predicted molar refractivity (Wildman–Crippen MR) is 97.6 cm³/mol. The van der Waals surface area contributed by atoms with Crippen LogP contribution in [-0.2, 0) is 20.7 Å². The van der Waals surface area contributed by atoms with Crippen molar-refractivity contribution in [3.05, 3.63) is 65.9 Å². The number of carbonyl (C=O) groups is 2. The van der Waals surface area contributed by atoms with Gasteiger partial charge in [0.05, 0.1) is 23.4 Å². The summed E-state index contributed by atoms with van der Waals surface area (Å²) >= 11 is 0. The van der Waals surface area contributed by atoms with Crippen molar-refractivity contribution in [1.29, 1.82) is 0 Å². The summed E-state index contributed by atoms with van der Waals surface area (Å²) in [6.45, 7) is 2.97. The molecule has 0 atom stereocenters. The average Bonchev–Trinajstić information content (AvgIpc) is 3.11. The molecular weight excluding hydrogens is 334 g/mol. The number of hydrogen-bond acceptors (Lipinski definition) is 6. The number of rotatable bonds is 7. The molecule has 2 aromatic rings. The number of aliphatic imine (C=N–C) groups is 1. The van der Waals surface area contributed by atoms with Crippen LogP contribution >= 0.6 is 0 Å². The highest BCUT2D eigenvalue weighted by Crippen LogP contribution is 2.12. The summed E-state index contributed by atoms with van der Waals surface area (Å²) in [5, 5.41) is 2.63. The van der Waals surface area contributed by atoms with Gasteiger partial charge in [-0.25, -0.2) is 0 Å². The second-order valence-corrected chi connectivity index (χ2v) is 5.56. The molecule has 0 aliphatic carbocycles. The second kappa shape index (κ2) is 9.22. The van der Waals surface area contributed by atoms with Crippen LogP contribution in [-0.4, -0.2) is 24.2 Å². The monoisotopic (exact) mass is 355 g/mol. The van der Waals surface area contributed by atoms with Crippen LogP contribution < -0.4 is 11.1 Å². The summed E-state index contributed by atoms with van der Waals surface area (Å²) in [7, 11) is 0. The Hall–Kier alpha value is -3.35. The molecule has 136 valence electrons. The zero-order valence-electron chi connectivity index (χ0n) is 14.7. The van der Waals surface area contributed by atoms with Gasteiger partial charge in [-0.2, -0.15) is 0 Å². The topological polar surface area (TPSA) is 107 Å².